The second-order valence-electron chi connectivity index (χ2n) is 11.7. The van der Waals surface area contributed by atoms with Gasteiger partial charge in [0.25, 0.3) is 5.91 Å². The molecule has 6 fully saturated rings. The number of hydrogen-bond donors (Lipinski definition) is 4. The van der Waals surface area contributed by atoms with Gasteiger partial charge in [-0.05, 0) is 57.1 Å². The molecule has 0 radical (unpaired) electrons. The maximum atomic E-state index is 13.6. The average molecular weight is 506 g/mol. The zero-order valence-corrected chi connectivity index (χ0v) is 21.2. The molecular formula is C26H37ClFN5O2. The van der Waals surface area contributed by atoms with Gasteiger partial charge >= 0.3 is 0 Å². The highest BCUT2D eigenvalue weighted by atomic mass is 35.5. The van der Waals surface area contributed by atoms with Crippen molar-refractivity contribution in [1.29, 1.82) is 0 Å². The summed E-state index contributed by atoms with van der Waals surface area (Å²) in [7, 11) is 0. The van der Waals surface area contributed by atoms with Crippen LogP contribution in [0, 0.1) is 11.7 Å². The van der Waals surface area contributed by atoms with E-state index in [9.17, 15) is 9.18 Å². The van der Waals surface area contributed by atoms with E-state index in [4.69, 9.17) is 16.3 Å². The maximum Gasteiger partial charge on any atom is 0.258 e. The number of hydrogen-bond acceptors (Lipinski definition) is 6. The van der Waals surface area contributed by atoms with Crippen molar-refractivity contribution in [2.24, 2.45) is 5.92 Å². The lowest BCUT2D eigenvalue weighted by atomic mass is 9.44. The van der Waals surface area contributed by atoms with Gasteiger partial charge in [0.05, 0.1) is 11.2 Å². The second kappa shape index (κ2) is 8.84. The lowest BCUT2D eigenvalue weighted by molar-refractivity contribution is -0.153. The maximum absolute atomic E-state index is 13.6. The standard InChI is InChI=1S/C26H37ClFN5O2/c1-17-12-33-10-9-29-23(26(33,30-17)18-5-3-2-4-6-18)32-25-14-24(15-25,16-25)31-22(34)13-35-19-7-8-20(27)21(28)11-19/h7-8,11,17-18,23,29-30,32H,2-6,9-10,12-16H2,1H3,(H,31,34). The van der Waals surface area contributed by atoms with Gasteiger partial charge in [-0.15, -0.1) is 0 Å². The molecular weight excluding hydrogens is 469 g/mol. The molecule has 192 valence electrons. The molecule has 2 saturated heterocycles. The van der Waals surface area contributed by atoms with Crippen LogP contribution in [0.3, 0.4) is 0 Å². The molecule has 1 aromatic carbocycles. The molecule has 2 heterocycles. The molecule has 9 heteroatoms. The Kier molecular flexibility index (Phi) is 6.04. The lowest BCUT2D eigenvalue weighted by Crippen LogP contribution is -2.88. The van der Waals surface area contributed by atoms with Gasteiger partial charge in [-0.1, -0.05) is 30.9 Å². The van der Waals surface area contributed by atoms with Crippen LogP contribution in [0.5, 0.6) is 5.75 Å². The summed E-state index contributed by atoms with van der Waals surface area (Å²) in [5, 5.41) is 15.1. The van der Waals surface area contributed by atoms with E-state index in [2.05, 4.69) is 33.1 Å². The van der Waals surface area contributed by atoms with E-state index >= 15 is 0 Å². The highest BCUT2D eigenvalue weighted by Crippen LogP contribution is 2.61. The molecule has 6 aliphatic rings. The van der Waals surface area contributed by atoms with E-state index in [1.165, 1.54) is 44.2 Å². The summed E-state index contributed by atoms with van der Waals surface area (Å²) < 4.78 is 19.1. The van der Waals surface area contributed by atoms with Crippen LogP contribution in [-0.4, -0.2) is 66.0 Å². The number of nitrogens with zero attached hydrogens (tertiary/aromatic N) is 1. The zero-order valence-electron chi connectivity index (χ0n) is 20.5. The molecule has 2 bridgehead atoms. The lowest BCUT2D eigenvalue weighted by Gasteiger charge is -2.72. The van der Waals surface area contributed by atoms with Crippen molar-refractivity contribution >= 4 is 17.5 Å². The number of rotatable bonds is 7. The largest absolute Gasteiger partial charge is 0.484 e. The van der Waals surface area contributed by atoms with Crippen molar-refractivity contribution in [2.75, 3.05) is 26.2 Å². The van der Waals surface area contributed by atoms with Gasteiger partial charge in [-0.25, -0.2) is 4.39 Å². The molecule has 3 unspecified atom stereocenters. The Morgan fingerprint density at radius 2 is 2.00 bits per heavy atom. The Morgan fingerprint density at radius 3 is 2.74 bits per heavy atom. The molecule has 0 aromatic heterocycles. The molecule has 2 aliphatic heterocycles. The van der Waals surface area contributed by atoms with Crippen LogP contribution in [0.1, 0.15) is 58.3 Å². The summed E-state index contributed by atoms with van der Waals surface area (Å²) in [5.74, 6) is 0.240. The smallest absolute Gasteiger partial charge is 0.258 e. The number of amides is 1. The number of benzene rings is 1. The topological polar surface area (TPSA) is 77.7 Å². The van der Waals surface area contributed by atoms with Gasteiger partial charge in [-0.2, -0.15) is 0 Å². The number of carbonyl (C=O) groups is 1. The van der Waals surface area contributed by atoms with Crippen LogP contribution in [0.25, 0.3) is 0 Å². The van der Waals surface area contributed by atoms with Crippen molar-refractivity contribution < 1.29 is 13.9 Å². The van der Waals surface area contributed by atoms with Gasteiger partial charge in [0.2, 0.25) is 0 Å². The second-order valence-corrected chi connectivity index (χ2v) is 12.1. The van der Waals surface area contributed by atoms with Crippen LogP contribution < -0.4 is 26.0 Å². The molecule has 4 N–H and O–H groups in total. The highest BCUT2D eigenvalue weighted by molar-refractivity contribution is 6.30. The van der Waals surface area contributed by atoms with E-state index in [1.807, 2.05) is 0 Å². The molecule has 3 atom stereocenters. The molecule has 7 rings (SSSR count). The Morgan fingerprint density at radius 1 is 1.23 bits per heavy atom. The van der Waals surface area contributed by atoms with Crippen molar-refractivity contribution in [3.05, 3.63) is 29.0 Å². The number of fused-ring (bicyclic) bond motifs is 1. The molecule has 1 aromatic rings. The summed E-state index contributed by atoms with van der Waals surface area (Å²) in [4.78, 5) is 15.2. The van der Waals surface area contributed by atoms with Crippen LogP contribution in [0.15, 0.2) is 18.2 Å². The Bertz CT molecular complexity index is 969. The van der Waals surface area contributed by atoms with Gasteiger partial charge in [-0.3, -0.25) is 25.6 Å². The Balaban J connectivity index is 1.06. The first-order chi connectivity index (χ1) is 16.8. The quantitative estimate of drug-likeness (QED) is 0.456. The summed E-state index contributed by atoms with van der Waals surface area (Å²) >= 11 is 5.71. The third kappa shape index (κ3) is 4.15. The predicted octanol–water partition coefficient (Wildman–Crippen LogP) is 2.74. The van der Waals surface area contributed by atoms with E-state index < -0.39 is 5.82 Å². The van der Waals surface area contributed by atoms with Crippen LogP contribution in [-0.2, 0) is 4.79 Å². The monoisotopic (exact) mass is 505 g/mol. The van der Waals surface area contributed by atoms with Crippen molar-refractivity contribution in [2.45, 2.75) is 87.2 Å². The molecule has 0 spiro atoms. The molecule has 4 aliphatic carbocycles. The van der Waals surface area contributed by atoms with Crippen LogP contribution in [0.4, 0.5) is 4.39 Å². The third-order valence-corrected chi connectivity index (χ3v) is 9.35. The molecule has 1 amide bonds. The normalized spacial score (nSPS) is 38.8. The first kappa shape index (κ1) is 23.9. The summed E-state index contributed by atoms with van der Waals surface area (Å²) in [5.41, 5.74) is -0.0731. The highest BCUT2D eigenvalue weighted by Gasteiger charge is 2.70. The number of halogens is 2. The van der Waals surface area contributed by atoms with E-state index in [-0.39, 0.29) is 40.4 Å². The molecule has 35 heavy (non-hydrogen) atoms. The fraction of sp³-hybridized carbons (Fsp3) is 0.731. The summed E-state index contributed by atoms with van der Waals surface area (Å²) in [6.45, 7) is 5.39. The van der Waals surface area contributed by atoms with E-state index in [1.54, 1.807) is 6.07 Å². The van der Waals surface area contributed by atoms with Gasteiger partial charge < -0.3 is 10.1 Å². The molecule has 4 saturated carbocycles. The Labute approximate surface area is 211 Å². The minimum absolute atomic E-state index is 0.0222. The average Bonchev–Trinajstić information content (AvgIpc) is 3.16. The van der Waals surface area contributed by atoms with Crippen molar-refractivity contribution in [3.8, 4) is 5.75 Å². The number of ether oxygens (including phenoxy) is 1. The SMILES string of the molecule is CC1CN2CCNC(NC34CC(NC(=O)COc5ccc(Cl)c(F)c5)(C3)C4)C2(C2CCCCC2)N1. The summed E-state index contributed by atoms with van der Waals surface area (Å²) in [6, 6.07) is 4.70. The number of carbonyl (C=O) groups excluding carboxylic acids is 1. The Hall–Kier alpha value is -1.45. The minimum atomic E-state index is -0.552. The van der Waals surface area contributed by atoms with E-state index in [0.717, 1.165) is 38.9 Å². The summed E-state index contributed by atoms with van der Waals surface area (Å²) in [6.07, 6.45) is 9.63. The van der Waals surface area contributed by atoms with E-state index in [0.29, 0.717) is 17.7 Å². The molecule has 7 nitrogen and oxygen atoms in total. The number of piperazine rings is 1. The van der Waals surface area contributed by atoms with Gasteiger partial charge in [0.1, 0.15) is 17.2 Å². The van der Waals surface area contributed by atoms with Crippen molar-refractivity contribution in [3.63, 3.8) is 0 Å². The zero-order chi connectivity index (χ0) is 24.3. The number of nitrogens with one attached hydrogen (secondary N) is 4. The van der Waals surface area contributed by atoms with Crippen LogP contribution in [0.2, 0.25) is 5.02 Å². The van der Waals surface area contributed by atoms with Crippen molar-refractivity contribution in [1.82, 2.24) is 26.2 Å². The third-order valence-electron chi connectivity index (χ3n) is 9.04. The fourth-order valence-corrected chi connectivity index (χ4v) is 7.92. The predicted molar refractivity (Wildman–Crippen MR) is 133 cm³/mol. The fourth-order valence-electron chi connectivity index (χ4n) is 7.80. The van der Waals surface area contributed by atoms with Gasteiger partial charge in [0, 0.05) is 42.8 Å². The van der Waals surface area contributed by atoms with Crippen LogP contribution >= 0.6 is 11.6 Å². The van der Waals surface area contributed by atoms with Gasteiger partial charge in [0.15, 0.2) is 6.61 Å². The first-order valence-corrected chi connectivity index (χ1v) is 13.6. The first-order valence-electron chi connectivity index (χ1n) is 13.2. The minimum Gasteiger partial charge on any atom is -0.484 e.